The van der Waals surface area contributed by atoms with Gasteiger partial charge in [-0.1, -0.05) is 12.1 Å². The summed E-state index contributed by atoms with van der Waals surface area (Å²) in [7, 11) is 0. The Morgan fingerprint density at radius 1 is 1.32 bits per heavy atom. The average molecular weight is 319 g/mol. The smallest absolute Gasteiger partial charge is 0.231 e. The SMILES string of the molecule is Cc1cccc2nc(-c3cc(N)cc(Br)c3O)oc12. The molecule has 0 aliphatic carbocycles. The molecule has 0 radical (unpaired) electrons. The molecule has 5 heteroatoms. The zero-order chi connectivity index (χ0) is 13.6. The summed E-state index contributed by atoms with van der Waals surface area (Å²) < 4.78 is 6.24. The van der Waals surface area contributed by atoms with Crippen molar-refractivity contribution in [2.45, 2.75) is 6.92 Å². The molecule has 3 N–H and O–H groups in total. The Morgan fingerprint density at radius 3 is 2.84 bits per heavy atom. The number of aromatic hydroxyl groups is 1. The Labute approximate surface area is 118 Å². The predicted octanol–water partition coefficient (Wildman–Crippen LogP) is 3.85. The lowest BCUT2D eigenvalue weighted by atomic mass is 10.2. The molecule has 2 aromatic carbocycles. The Hall–Kier alpha value is -2.01. The van der Waals surface area contributed by atoms with Gasteiger partial charge in [0, 0.05) is 5.69 Å². The van der Waals surface area contributed by atoms with Crippen LogP contribution < -0.4 is 5.73 Å². The van der Waals surface area contributed by atoms with Crippen LogP contribution >= 0.6 is 15.9 Å². The van der Waals surface area contributed by atoms with Gasteiger partial charge in [-0.15, -0.1) is 0 Å². The van der Waals surface area contributed by atoms with E-state index >= 15 is 0 Å². The van der Waals surface area contributed by atoms with Gasteiger partial charge in [-0.2, -0.15) is 0 Å². The largest absolute Gasteiger partial charge is 0.506 e. The molecule has 0 saturated carbocycles. The van der Waals surface area contributed by atoms with Gasteiger partial charge in [0.05, 0.1) is 10.0 Å². The summed E-state index contributed by atoms with van der Waals surface area (Å²) in [6.45, 7) is 1.95. The summed E-state index contributed by atoms with van der Waals surface area (Å²) in [5.74, 6) is 0.424. The van der Waals surface area contributed by atoms with E-state index in [1.807, 2.05) is 25.1 Å². The van der Waals surface area contributed by atoms with Gasteiger partial charge >= 0.3 is 0 Å². The zero-order valence-corrected chi connectivity index (χ0v) is 11.7. The standard InChI is InChI=1S/C14H11BrN2O2/c1-7-3-2-4-11-13(7)19-14(17-11)9-5-8(16)6-10(15)12(9)18/h2-6,18H,16H2,1H3. The molecule has 0 unspecified atom stereocenters. The topological polar surface area (TPSA) is 72.3 Å². The minimum Gasteiger partial charge on any atom is -0.506 e. The van der Waals surface area contributed by atoms with E-state index in [2.05, 4.69) is 20.9 Å². The lowest BCUT2D eigenvalue weighted by Crippen LogP contribution is -1.87. The first-order valence-corrected chi connectivity index (χ1v) is 6.50. The first-order valence-electron chi connectivity index (χ1n) is 5.71. The van der Waals surface area contributed by atoms with Gasteiger partial charge in [-0.05, 0) is 46.6 Å². The number of benzene rings is 2. The summed E-state index contributed by atoms with van der Waals surface area (Å²) in [5.41, 5.74) is 9.25. The highest BCUT2D eigenvalue weighted by atomic mass is 79.9. The number of phenolic OH excluding ortho intramolecular Hbond substituents is 1. The van der Waals surface area contributed by atoms with Crippen molar-refractivity contribution in [3.05, 3.63) is 40.4 Å². The Bertz CT molecular complexity index is 780. The van der Waals surface area contributed by atoms with Crippen molar-refractivity contribution in [2.75, 3.05) is 5.73 Å². The zero-order valence-electron chi connectivity index (χ0n) is 10.1. The molecule has 0 aliphatic rings. The molecule has 19 heavy (non-hydrogen) atoms. The molecule has 0 spiro atoms. The number of oxazole rings is 1. The highest BCUT2D eigenvalue weighted by Gasteiger charge is 2.16. The second kappa shape index (κ2) is 4.28. The number of halogens is 1. The fourth-order valence-electron chi connectivity index (χ4n) is 1.98. The van der Waals surface area contributed by atoms with E-state index in [1.165, 1.54) is 0 Å². The van der Waals surface area contributed by atoms with Crippen molar-refractivity contribution in [3.8, 4) is 17.2 Å². The van der Waals surface area contributed by atoms with Crippen molar-refractivity contribution in [2.24, 2.45) is 0 Å². The lowest BCUT2D eigenvalue weighted by molar-refractivity contribution is 0.471. The van der Waals surface area contributed by atoms with E-state index in [-0.39, 0.29) is 5.75 Å². The van der Waals surface area contributed by atoms with Gasteiger partial charge in [-0.3, -0.25) is 0 Å². The number of nitrogens with two attached hydrogens (primary N) is 1. The van der Waals surface area contributed by atoms with Gasteiger partial charge in [0.2, 0.25) is 5.89 Å². The van der Waals surface area contributed by atoms with Gasteiger partial charge in [0.25, 0.3) is 0 Å². The first-order chi connectivity index (χ1) is 9.06. The minimum absolute atomic E-state index is 0.0680. The van der Waals surface area contributed by atoms with Crippen molar-refractivity contribution >= 4 is 32.7 Å². The number of nitrogen functional groups attached to an aromatic ring is 1. The summed E-state index contributed by atoms with van der Waals surface area (Å²) in [5, 5.41) is 10.1. The van der Waals surface area contributed by atoms with E-state index in [0.29, 0.717) is 21.6 Å². The van der Waals surface area contributed by atoms with E-state index in [1.54, 1.807) is 12.1 Å². The monoisotopic (exact) mass is 318 g/mol. The molecule has 4 nitrogen and oxygen atoms in total. The minimum atomic E-state index is 0.0680. The highest BCUT2D eigenvalue weighted by molar-refractivity contribution is 9.10. The molecule has 3 rings (SSSR count). The van der Waals surface area contributed by atoms with Crippen molar-refractivity contribution in [1.29, 1.82) is 0 Å². The summed E-state index contributed by atoms with van der Waals surface area (Å²) >= 11 is 3.25. The summed E-state index contributed by atoms with van der Waals surface area (Å²) in [6, 6.07) is 9.01. The molecule has 0 fully saturated rings. The average Bonchev–Trinajstić information content (AvgIpc) is 2.79. The maximum Gasteiger partial charge on any atom is 0.231 e. The number of hydrogen-bond donors (Lipinski definition) is 2. The molecule has 1 aromatic heterocycles. The number of rotatable bonds is 1. The quantitative estimate of drug-likeness (QED) is 0.528. The van der Waals surface area contributed by atoms with Crippen LogP contribution in [0.1, 0.15) is 5.56 Å². The predicted molar refractivity (Wildman–Crippen MR) is 78.0 cm³/mol. The van der Waals surface area contributed by atoms with Gasteiger partial charge in [0.15, 0.2) is 5.58 Å². The van der Waals surface area contributed by atoms with Crippen LogP contribution in [0.3, 0.4) is 0 Å². The van der Waals surface area contributed by atoms with Crippen molar-refractivity contribution in [1.82, 2.24) is 4.98 Å². The summed E-state index contributed by atoms with van der Waals surface area (Å²) in [6.07, 6.45) is 0. The fourth-order valence-corrected chi connectivity index (χ4v) is 2.46. The second-order valence-corrected chi connectivity index (χ2v) is 5.20. The Balaban J connectivity index is 2.28. The molecule has 96 valence electrons. The number of para-hydroxylation sites is 1. The number of anilines is 1. The first kappa shape index (κ1) is 12.0. The van der Waals surface area contributed by atoms with E-state index in [4.69, 9.17) is 10.2 Å². The van der Waals surface area contributed by atoms with Crippen LogP contribution in [0.4, 0.5) is 5.69 Å². The van der Waals surface area contributed by atoms with Crippen LogP contribution in [-0.4, -0.2) is 10.1 Å². The number of fused-ring (bicyclic) bond motifs is 1. The van der Waals surface area contributed by atoms with Crippen LogP contribution in [0, 0.1) is 6.92 Å². The van der Waals surface area contributed by atoms with Crippen LogP contribution in [-0.2, 0) is 0 Å². The third-order valence-corrected chi connectivity index (χ3v) is 3.53. The van der Waals surface area contributed by atoms with Crippen molar-refractivity contribution in [3.63, 3.8) is 0 Å². The molecule has 3 aromatic rings. The number of aryl methyl sites for hydroxylation is 1. The molecular formula is C14H11BrN2O2. The molecule has 0 aliphatic heterocycles. The number of hydrogen-bond acceptors (Lipinski definition) is 4. The van der Waals surface area contributed by atoms with Gasteiger partial charge < -0.3 is 15.3 Å². The molecular weight excluding hydrogens is 308 g/mol. The fraction of sp³-hybridized carbons (Fsp3) is 0.0714. The van der Waals surface area contributed by atoms with E-state index in [9.17, 15) is 5.11 Å². The Morgan fingerprint density at radius 2 is 2.11 bits per heavy atom. The van der Waals surface area contributed by atoms with Crippen LogP contribution in [0.15, 0.2) is 39.2 Å². The number of nitrogens with zero attached hydrogens (tertiary/aromatic N) is 1. The maximum absolute atomic E-state index is 10.1. The van der Waals surface area contributed by atoms with Crippen molar-refractivity contribution < 1.29 is 9.52 Å². The molecule has 0 bridgehead atoms. The number of phenols is 1. The molecule has 0 saturated heterocycles. The van der Waals surface area contributed by atoms with E-state index < -0.39 is 0 Å². The Kier molecular flexibility index (Phi) is 2.71. The van der Waals surface area contributed by atoms with Crippen LogP contribution in [0.25, 0.3) is 22.6 Å². The van der Waals surface area contributed by atoms with Crippen LogP contribution in [0.2, 0.25) is 0 Å². The maximum atomic E-state index is 10.1. The molecule has 0 atom stereocenters. The highest BCUT2D eigenvalue weighted by Crippen LogP contribution is 2.38. The number of aromatic nitrogens is 1. The third kappa shape index (κ3) is 1.96. The molecule has 1 heterocycles. The van der Waals surface area contributed by atoms with E-state index in [0.717, 1.165) is 16.7 Å². The molecule has 0 amide bonds. The van der Waals surface area contributed by atoms with Crippen LogP contribution in [0.5, 0.6) is 5.75 Å². The van der Waals surface area contributed by atoms with Gasteiger partial charge in [0.1, 0.15) is 11.3 Å². The third-order valence-electron chi connectivity index (χ3n) is 2.93. The normalized spacial score (nSPS) is 11.1. The van der Waals surface area contributed by atoms with Gasteiger partial charge in [-0.25, -0.2) is 4.98 Å². The lowest BCUT2D eigenvalue weighted by Gasteiger charge is -2.04. The second-order valence-electron chi connectivity index (χ2n) is 4.34. The summed E-state index contributed by atoms with van der Waals surface area (Å²) in [4.78, 5) is 4.38.